The molecule has 1 aliphatic heterocycles. The van der Waals surface area contributed by atoms with E-state index in [0.717, 1.165) is 25.1 Å². The molecule has 1 unspecified atom stereocenters. The van der Waals surface area contributed by atoms with E-state index < -0.39 is 12.8 Å². The summed E-state index contributed by atoms with van der Waals surface area (Å²) in [5.74, 6) is 0.968. The number of hydrogen-bond donors (Lipinski definition) is 2. The van der Waals surface area contributed by atoms with Crippen molar-refractivity contribution in [3.63, 3.8) is 0 Å². The summed E-state index contributed by atoms with van der Waals surface area (Å²) in [5, 5.41) is 6.67. The summed E-state index contributed by atoms with van der Waals surface area (Å²) in [5.41, 5.74) is 2.03. The lowest BCUT2D eigenvalue weighted by Gasteiger charge is -2.20. The number of halogens is 4. The van der Waals surface area contributed by atoms with E-state index in [2.05, 4.69) is 32.7 Å². The number of alkyl halides is 3. The fraction of sp³-hybridized carbons (Fsp3) is 0.409. The molecule has 2 aromatic carbocycles. The number of nitrogens with zero attached hydrogens (tertiary/aromatic N) is 2. The summed E-state index contributed by atoms with van der Waals surface area (Å²) in [6, 6.07) is 15.4. The molecular weight excluding hydrogens is 536 g/mol. The first-order valence-corrected chi connectivity index (χ1v) is 10.0. The van der Waals surface area contributed by atoms with Gasteiger partial charge in [0.25, 0.3) is 0 Å². The van der Waals surface area contributed by atoms with E-state index in [-0.39, 0.29) is 41.5 Å². The normalized spacial score (nSPS) is 16.3. The quantitative estimate of drug-likeness (QED) is 0.300. The minimum Gasteiger partial charge on any atom is -0.493 e. The van der Waals surface area contributed by atoms with Crippen molar-refractivity contribution in [1.82, 2.24) is 10.6 Å². The predicted octanol–water partition coefficient (Wildman–Crippen LogP) is 4.20. The fourth-order valence-electron chi connectivity index (χ4n) is 3.43. The van der Waals surface area contributed by atoms with Crippen LogP contribution in [0.5, 0.6) is 11.5 Å². The van der Waals surface area contributed by atoms with Crippen LogP contribution in [0, 0.1) is 0 Å². The zero-order chi connectivity index (χ0) is 22.3. The van der Waals surface area contributed by atoms with Crippen LogP contribution in [0.1, 0.15) is 12.0 Å². The predicted molar refractivity (Wildman–Crippen MR) is 130 cm³/mol. The third-order valence-corrected chi connectivity index (χ3v) is 4.95. The highest BCUT2D eigenvalue weighted by molar-refractivity contribution is 14.0. The van der Waals surface area contributed by atoms with Gasteiger partial charge in [-0.1, -0.05) is 24.3 Å². The third-order valence-electron chi connectivity index (χ3n) is 4.95. The fourth-order valence-corrected chi connectivity index (χ4v) is 3.43. The molecule has 1 atom stereocenters. The third kappa shape index (κ3) is 7.64. The summed E-state index contributed by atoms with van der Waals surface area (Å²) in [6.45, 7) is 0.919. The number of benzene rings is 2. The van der Waals surface area contributed by atoms with Gasteiger partial charge < -0.3 is 25.0 Å². The van der Waals surface area contributed by atoms with Crippen molar-refractivity contribution < 1.29 is 22.6 Å². The van der Waals surface area contributed by atoms with E-state index in [9.17, 15) is 13.2 Å². The van der Waals surface area contributed by atoms with Gasteiger partial charge in [-0.2, -0.15) is 13.2 Å². The lowest BCUT2D eigenvalue weighted by atomic mass is 10.2. The Bertz CT molecular complexity index is 881. The minimum absolute atomic E-state index is 0. The summed E-state index contributed by atoms with van der Waals surface area (Å²) in [7, 11) is 3.10. The van der Waals surface area contributed by atoms with E-state index >= 15 is 0 Å². The average Bonchev–Trinajstić information content (AvgIpc) is 3.24. The van der Waals surface area contributed by atoms with E-state index in [1.54, 1.807) is 19.2 Å². The number of hydrogen-bond acceptors (Lipinski definition) is 4. The molecule has 176 valence electrons. The Morgan fingerprint density at radius 1 is 1.16 bits per heavy atom. The highest BCUT2D eigenvalue weighted by Crippen LogP contribution is 2.29. The number of ether oxygens (including phenoxy) is 2. The number of nitrogens with one attached hydrogen (secondary N) is 2. The highest BCUT2D eigenvalue weighted by Gasteiger charge is 2.29. The molecule has 0 aromatic heterocycles. The SMILES string of the molecule is CN=C(NCc1ccc(OCC(F)(F)F)c(OC)c1)NC1CCN(c2ccccc2)C1.I. The Labute approximate surface area is 203 Å². The Hall–Kier alpha value is -2.37. The van der Waals surface area contributed by atoms with Crippen molar-refractivity contribution in [3.8, 4) is 11.5 Å². The van der Waals surface area contributed by atoms with Crippen LogP contribution in [0.2, 0.25) is 0 Å². The highest BCUT2D eigenvalue weighted by atomic mass is 127. The van der Waals surface area contributed by atoms with Gasteiger partial charge in [0.15, 0.2) is 24.1 Å². The van der Waals surface area contributed by atoms with E-state index in [4.69, 9.17) is 9.47 Å². The summed E-state index contributed by atoms with van der Waals surface area (Å²) >= 11 is 0. The molecule has 0 spiro atoms. The van der Waals surface area contributed by atoms with Crippen molar-refractivity contribution in [3.05, 3.63) is 54.1 Å². The molecule has 32 heavy (non-hydrogen) atoms. The number of methoxy groups -OCH3 is 1. The van der Waals surface area contributed by atoms with Crippen LogP contribution in [0.25, 0.3) is 0 Å². The molecule has 2 aromatic rings. The zero-order valence-electron chi connectivity index (χ0n) is 18.0. The van der Waals surface area contributed by atoms with Crippen molar-refractivity contribution in [2.45, 2.75) is 25.2 Å². The van der Waals surface area contributed by atoms with E-state index in [1.807, 2.05) is 18.2 Å². The Morgan fingerprint density at radius 3 is 2.56 bits per heavy atom. The van der Waals surface area contributed by atoms with Crippen molar-refractivity contribution >= 4 is 35.6 Å². The topological polar surface area (TPSA) is 58.1 Å². The monoisotopic (exact) mass is 564 g/mol. The minimum atomic E-state index is -4.40. The van der Waals surface area contributed by atoms with Gasteiger partial charge in [0, 0.05) is 38.4 Å². The lowest BCUT2D eigenvalue weighted by molar-refractivity contribution is -0.153. The average molecular weight is 564 g/mol. The van der Waals surface area contributed by atoms with Gasteiger partial charge in [0.2, 0.25) is 0 Å². The molecule has 6 nitrogen and oxygen atoms in total. The van der Waals surface area contributed by atoms with Gasteiger partial charge >= 0.3 is 6.18 Å². The molecule has 0 amide bonds. The van der Waals surface area contributed by atoms with Crippen LogP contribution in [-0.2, 0) is 6.54 Å². The van der Waals surface area contributed by atoms with Crippen LogP contribution in [0.15, 0.2) is 53.5 Å². The molecule has 1 fully saturated rings. The summed E-state index contributed by atoms with van der Waals surface area (Å²) < 4.78 is 47.2. The number of guanidine groups is 1. The Kier molecular flexibility index (Phi) is 9.73. The van der Waals surface area contributed by atoms with Crippen LogP contribution in [0.3, 0.4) is 0 Å². The van der Waals surface area contributed by atoms with Crippen LogP contribution in [0.4, 0.5) is 18.9 Å². The smallest absolute Gasteiger partial charge is 0.422 e. The van der Waals surface area contributed by atoms with Crippen molar-refractivity contribution in [2.24, 2.45) is 4.99 Å². The molecule has 0 radical (unpaired) electrons. The number of para-hydroxylation sites is 1. The Morgan fingerprint density at radius 2 is 1.91 bits per heavy atom. The second-order valence-corrected chi connectivity index (χ2v) is 7.23. The lowest BCUT2D eigenvalue weighted by Crippen LogP contribution is -2.44. The Balaban J connectivity index is 0.00000363. The van der Waals surface area contributed by atoms with Crippen LogP contribution >= 0.6 is 24.0 Å². The second-order valence-electron chi connectivity index (χ2n) is 7.23. The maximum Gasteiger partial charge on any atom is 0.422 e. The molecule has 0 saturated carbocycles. The maximum atomic E-state index is 12.4. The molecule has 1 aliphatic rings. The molecule has 2 N–H and O–H groups in total. The molecule has 1 heterocycles. The van der Waals surface area contributed by atoms with Crippen LogP contribution in [-0.4, -0.2) is 52.0 Å². The summed E-state index contributed by atoms with van der Waals surface area (Å²) in [4.78, 5) is 6.60. The largest absolute Gasteiger partial charge is 0.493 e. The maximum absolute atomic E-state index is 12.4. The first-order valence-electron chi connectivity index (χ1n) is 10.0. The molecule has 1 saturated heterocycles. The first-order chi connectivity index (χ1) is 14.9. The number of rotatable bonds is 7. The number of anilines is 1. The van der Waals surface area contributed by atoms with Gasteiger partial charge in [0.05, 0.1) is 7.11 Å². The molecule has 0 bridgehead atoms. The van der Waals surface area contributed by atoms with Gasteiger partial charge in [-0.05, 0) is 36.2 Å². The van der Waals surface area contributed by atoms with Gasteiger partial charge in [-0.3, -0.25) is 4.99 Å². The van der Waals surface area contributed by atoms with Gasteiger partial charge in [-0.25, -0.2) is 0 Å². The summed E-state index contributed by atoms with van der Waals surface area (Å²) in [6.07, 6.45) is -3.41. The first kappa shape index (κ1) is 25.9. The molecular formula is C22H28F3IN4O2. The second kappa shape index (κ2) is 12.0. The van der Waals surface area contributed by atoms with Crippen molar-refractivity contribution in [2.75, 3.05) is 38.8 Å². The van der Waals surface area contributed by atoms with Gasteiger partial charge in [0.1, 0.15) is 0 Å². The molecule has 10 heteroatoms. The zero-order valence-corrected chi connectivity index (χ0v) is 20.3. The van der Waals surface area contributed by atoms with Crippen molar-refractivity contribution in [1.29, 1.82) is 0 Å². The van der Waals surface area contributed by atoms with E-state index in [0.29, 0.717) is 12.5 Å². The molecule has 0 aliphatic carbocycles. The molecule has 3 rings (SSSR count). The van der Waals surface area contributed by atoms with E-state index in [1.165, 1.54) is 18.9 Å². The van der Waals surface area contributed by atoms with Crippen LogP contribution < -0.4 is 25.0 Å². The number of aliphatic imine (C=N–C) groups is 1. The standard InChI is InChI=1S/C22H27F3N4O2.HI/c1-26-21(28-17-10-11-29(14-17)18-6-4-3-5-7-18)27-13-16-8-9-19(20(12-16)30-2)31-15-22(23,24)25;/h3-9,12,17H,10-11,13-15H2,1-2H3,(H2,26,27,28);1H. The van der Waals surface area contributed by atoms with Gasteiger partial charge in [-0.15, -0.1) is 24.0 Å².